The summed E-state index contributed by atoms with van der Waals surface area (Å²) in [5.74, 6) is 1.86. The van der Waals surface area contributed by atoms with Crippen LogP contribution in [-0.2, 0) is 6.61 Å². The Hall–Kier alpha value is -3.16. The number of fused-ring (bicyclic) bond motifs is 1. The first-order chi connectivity index (χ1) is 16.9. The predicted octanol–water partition coefficient (Wildman–Crippen LogP) is 6.80. The molecule has 0 bridgehead atoms. The zero-order chi connectivity index (χ0) is 24.9. The van der Waals surface area contributed by atoms with Crippen LogP contribution in [0.1, 0.15) is 43.1 Å². The average Bonchev–Trinajstić information content (AvgIpc) is 2.87. The topological polar surface area (TPSA) is 65.7 Å². The highest BCUT2D eigenvalue weighted by Gasteiger charge is 2.16. The second-order valence-corrected chi connectivity index (χ2v) is 9.48. The van der Waals surface area contributed by atoms with E-state index in [4.69, 9.17) is 26.1 Å². The fraction of sp³-hybridized carbons (Fsp3) is 0.222. The van der Waals surface area contributed by atoms with Crippen molar-refractivity contribution in [1.82, 2.24) is 9.66 Å². The third-order valence-electron chi connectivity index (χ3n) is 5.70. The molecule has 180 valence electrons. The molecule has 1 atom stereocenters. The summed E-state index contributed by atoms with van der Waals surface area (Å²) in [6.45, 7) is 4.48. The van der Waals surface area contributed by atoms with E-state index < -0.39 is 0 Å². The van der Waals surface area contributed by atoms with E-state index in [2.05, 4.69) is 28.0 Å². The van der Waals surface area contributed by atoms with Crippen LogP contribution in [0.2, 0.25) is 5.02 Å². The lowest BCUT2D eigenvalue weighted by molar-refractivity contribution is 0.284. The van der Waals surface area contributed by atoms with E-state index in [-0.39, 0.29) is 11.5 Å². The van der Waals surface area contributed by atoms with Crippen LogP contribution in [0.15, 0.2) is 75.0 Å². The Bertz CT molecular complexity index is 1430. The summed E-state index contributed by atoms with van der Waals surface area (Å²) in [4.78, 5) is 18.0. The van der Waals surface area contributed by atoms with Gasteiger partial charge >= 0.3 is 0 Å². The van der Waals surface area contributed by atoms with Crippen LogP contribution in [0.3, 0.4) is 0 Å². The number of rotatable bonds is 8. The van der Waals surface area contributed by atoms with E-state index in [1.807, 2.05) is 61.5 Å². The molecule has 1 heterocycles. The molecule has 0 aliphatic rings. The summed E-state index contributed by atoms with van der Waals surface area (Å²) in [7, 11) is 1.59. The Morgan fingerprint density at radius 3 is 2.60 bits per heavy atom. The predicted molar refractivity (Wildman–Crippen MR) is 144 cm³/mol. The van der Waals surface area contributed by atoms with Gasteiger partial charge in [-0.1, -0.05) is 53.5 Å². The van der Waals surface area contributed by atoms with Crippen LogP contribution in [0.5, 0.6) is 11.5 Å². The van der Waals surface area contributed by atoms with Crippen molar-refractivity contribution in [1.29, 1.82) is 0 Å². The van der Waals surface area contributed by atoms with Crippen LogP contribution in [0.4, 0.5) is 0 Å². The summed E-state index contributed by atoms with van der Waals surface area (Å²) in [6, 6.07) is 18.5. The maximum Gasteiger partial charge on any atom is 0.282 e. The molecule has 0 saturated carbocycles. The standard InChI is InChI=1S/C27H25BrClN3O3/c1-4-17(2)26-31-23-11-8-20(28)14-22(23)27(33)32(26)30-15-19-7-12-24(25(13-19)34-3)35-16-18-5-9-21(29)10-6-18/h5-15,17H,4,16H2,1-3H3/t17-/m0/s1. The van der Waals surface area contributed by atoms with Crippen molar-refractivity contribution in [3.05, 3.63) is 97.5 Å². The van der Waals surface area contributed by atoms with Gasteiger partial charge in [-0.15, -0.1) is 0 Å². The van der Waals surface area contributed by atoms with Crippen molar-refractivity contribution in [3.8, 4) is 11.5 Å². The lowest BCUT2D eigenvalue weighted by Gasteiger charge is -2.14. The normalized spacial score (nSPS) is 12.3. The van der Waals surface area contributed by atoms with Gasteiger partial charge in [0, 0.05) is 15.4 Å². The van der Waals surface area contributed by atoms with E-state index in [0.29, 0.717) is 39.9 Å². The Kier molecular flexibility index (Phi) is 7.88. The molecule has 0 amide bonds. The molecular formula is C27H25BrClN3O3. The zero-order valence-electron chi connectivity index (χ0n) is 19.7. The third-order valence-corrected chi connectivity index (χ3v) is 6.45. The monoisotopic (exact) mass is 553 g/mol. The summed E-state index contributed by atoms with van der Waals surface area (Å²) < 4.78 is 13.7. The minimum absolute atomic E-state index is 0.0612. The van der Waals surface area contributed by atoms with Gasteiger partial charge in [0.1, 0.15) is 12.4 Å². The van der Waals surface area contributed by atoms with Crippen LogP contribution < -0.4 is 15.0 Å². The summed E-state index contributed by atoms with van der Waals surface area (Å²) in [5.41, 5.74) is 2.20. The molecule has 0 fully saturated rings. The van der Waals surface area contributed by atoms with Gasteiger partial charge in [-0.2, -0.15) is 9.78 Å². The van der Waals surface area contributed by atoms with Crippen molar-refractivity contribution < 1.29 is 9.47 Å². The largest absolute Gasteiger partial charge is 0.493 e. The quantitative estimate of drug-likeness (QED) is 0.225. The Labute approximate surface area is 217 Å². The van der Waals surface area contributed by atoms with E-state index in [1.54, 1.807) is 19.4 Å². The van der Waals surface area contributed by atoms with Gasteiger partial charge in [0.2, 0.25) is 0 Å². The SMILES string of the molecule is CC[C@H](C)c1nc2ccc(Br)cc2c(=O)n1N=Cc1ccc(OCc2ccc(Cl)cc2)c(OC)c1. The van der Waals surface area contributed by atoms with Crippen LogP contribution in [0, 0.1) is 0 Å². The number of hydrogen-bond donors (Lipinski definition) is 0. The van der Waals surface area contributed by atoms with Crippen molar-refractivity contribution in [2.24, 2.45) is 5.10 Å². The molecule has 0 unspecified atom stereocenters. The molecule has 1 aromatic heterocycles. The fourth-order valence-electron chi connectivity index (χ4n) is 3.53. The highest BCUT2D eigenvalue weighted by Crippen LogP contribution is 2.29. The number of nitrogens with zero attached hydrogens (tertiary/aromatic N) is 3. The molecule has 4 aromatic rings. The van der Waals surface area contributed by atoms with Gasteiger partial charge in [-0.3, -0.25) is 4.79 Å². The summed E-state index contributed by atoms with van der Waals surface area (Å²) >= 11 is 9.38. The van der Waals surface area contributed by atoms with Gasteiger partial charge < -0.3 is 9.47 Å². The highest BCUT2D eigenvalue weighted by atomic mass is 79.9. The second-order valence-electron chi connectivity index (χ2n) is 8.13. The first kappa shape index (κ1) is 24.9. The molecule has 0 spiro atoms. The van der Waals surface area contributed by atoms with E-state index in [9.17, 15) is 4.79 Å². The number of ether oxygens (including phenoxy) is 2. The maximum atomic E-state index is 13.3. The van der Waals surface area contributed by atoms with Crippen molar-refractivity contribution >= 4 is 44.6 Å². The Balaban J connectivity index is 1.64. The zero-order valence-corrected chi connectivity index (χ0v) is 22.0. The van der Waals surface area contributed by atoms with Crippen molar-refractivity contribution in [2.45, 2.75) is 32.8 Å². The third kappa shape index (κ3) is 5.74. The molecule has 3 aromatic carbocycles. The molecule has 4 rings (SSSR count). The first-order valence-electron chi connectivity index (χ1n) is 11.2. The minimum Gasteiger partial charge on any atom is -0.493 e. The second kappa shape index (κ2) is 11.1. The van der Waals surface area contributed by atoms with Crippen LogP contribution in [0.25, 0.3) is 10.9 Å². The van der Waals surface area contributed by atoms with Crippen molar-refractivity contribution in [3.63, 3.8) is 0 Å². The number of halogens is 2. The van der Waals surface area contributed by atoms with E-state index in [0.717, 1.165) is 22.0 Å². The summed E-state index contributed by atoms with van der Waals surface area (Å²) in [5, 5.41) is 5.71. The average molecular weight is 555 g/mol. The molecule has 0 radical (unpaired) electrons. The van der Waals surface area contributed by atoms with Gasteiger partial charge in [0.05, 0.1) is 24.2 Å². The molecule has 0 aliphatic heterocycles. The Morgan fingerprint density at radius 2 is 1.89 bits per heavy atom. The first-order valence-corrected chi connectivity index (χ1v) is 12.4. The van der Waals surface area contributed by atoms with Crippen molar-refractivity contribution in [2.75, 3.05) is 7.11 Å². The lowest BCUT2D eigenvalue weighted by atomic mass is 10.1. The Morgan fingerprint density at radius 1 is 1.11 bits per heavy atom. The summed E-state index contributed by atoms with van der Waals surface area (Å²) in [6.07, 6.45) is 2.46. The van der Waals surface area contributed by atoms with Gasteiger partial charge in [-0.25, -0.2) is 4.98 Å². The molecule has 0 N–H and O–H groups in total. The van der Waals surface area contributed by atoms with Crippen LogP contribution in [-0.4, -0.2) is 23.0 Å². The van der Waals surface area contributed by atoms with Gasteiger partial charge in [-0.05, 0) is 66.1 Å². The number of aromatic nitrogens is 2. The number of methoxy groups -OCH3 is 1. The maximum absolute atomic E-state index is 13.3. The van der Waals surface area contributed by atoms with E-state index >= 15 is 0 Å². The molecule has 35 heavy (non-hydrogen) atoms. The smallest absolute Gasteiger partial charge is 0.282 e. The minimum atomic E-state index is -0.210. The molecule has 0 saturated heterocycles. The fourth-order valence-corrected chi connectivity index (χ4v) is 4.02. The molecular weight excluding hydrogens is 530 g/mol. The van der Waals surface area contributed by atoms with Gasteiger partial charge in [0.15, 0.2) is 11.5 Å². The number of benzene rings is 3. The van der Waals surface area contributed by atoms with E-state index in [1.165, 1.54) is 4.68 Å². The number of hydrogen-bond acceptors (Lipinski definition) is 5. The van der Waals surface area contributed by atoms with Crippen LogP contribution >= 0.6 is 27.5 Å². The molecule has 0 aliphatic carbocycles. The van der Waals surface area contributed by atoms with Gasteiger partial charge in [0.25, 0.3) is 5.56 Å². The highest BCUT2D eigenvalue weighted by molar-refractivity contribution is 9.10. The molecule has 6 nitrogen and oxygen atoms in total. The lowest BCUT2D eigenvalue weighted by Crippen LogP contribution is -2.23. The molecule has 8 heteroatoms.